The molecule has 0 radical (unpaired) electrons. The molecule has 0 saturated heterocycles. The minimum atomic E-state index is -4.19. The Balaban J connectivity index is 1.85. The van der Waals surface area contributed by atoms with E-state index in [2.05, 4.69) is 9.82 Å². The number of halogens is 4. The van der Waals surface area contributed by atoms with Crippen molar-refractivity contribution in [3.8, 4) is 0 Å². The number of benzene rings is 2. The van der Waals surface area contributed by atoms with Crippen LogP contribution in [0.1, 0.15) is 5.56 Å². The predicted octanol–water partition coefficient (Wildman–Crippen LogP) is 4.32. The molecule has 1 heterocycles. The van der Waals surface area contributed by atoms with Gasteiger partial charge in [-0.15, -0.1) is 0 Å². The number of hydrogen-bond donors (Lipinski definition) is 1. The van der Waals surface area contributed by atoms with Gasteiger partial charge in [0.1, 0.15) is 5.02 Å². The van der Waals surface area contributed by atoms with E-state index in [9.17, 15) is 17.2 Å². The zero-order valence-electron chi connectivity index (χ0n) is 13.0. The molecule has 0 aliphatic carbocycles. The van der Waals surface area contributed by atoms with E-state index >= 15 is 0 Å². The van der Waals surface area contributed by atoms with Gasteiger partial charge in [-0.3, -0.25) is 9.40 Å². The van der Waals surface area contributed by atoms with Crippen LogP contribution in [-0.4, -0.2) is 18.2 Å². The van der Waals surface area contributed by atoms with Gasteiger partial charge in [0, 0.05) is 11.2 Å². The lowest BCUT2D eigenvalue weighted by molar-refractivity contribution is 0.504. The molecule has 3 rings (SSSR count). The van der Waals surface area contributed by atoms with Gasteiger partial charge in [-0.2, -0.15) is 5.10 Å². The number of hydrogen-bond acceptors (Lipinski definition) is 3. The van der Waals surface area contributed by atoms with Crippen molar-refractivity contribution in [1.82, 2.24) is 9.78 Å². The molecule has 5 nitrogen and oxygen atoms in total. The number of sulfonamides is 1. The SMILES string of the molecule is O=S(=O)(Nc1nn(Cc2ccccc2Cl)cc1Cl)c1ccc(F)c(F)c1. The van der Waals surface area contributed by atoms with Crippen LogP contribution in [-0.2, 0) is 16.6 Å². The number of nitrogens with zero attached hydrogens (tertiary/aromatic N) is 2. The maximum Gasteiger partial charge on any atom is 0.263 e. The van der Waals surface area contributed by atoms with E-state index in [1.165, 1.54) is 10.9 Å². The van der Waals surface area contributed by atoms with Crippen LogP contribution in [0.15, 0.2) is 53.6 Å². The second-order valence-corrected chi connectivity index (χ2v) is 7.79. The molecular weight excluding hydrogens is 407 g/mol. The van der Waals surface area contributed by atoms with Crippen LogP contribution in [0.25, 0.3) is 0 Å². The van der Waals surface area contributed by atoms with Crippen molar-refractivity contribution in [2.45, 2.75) is 11.4 Å². The average Bonchev–Trinajstić information content (AvgIpc) is 2.91. The fourth-order valence-corrected chi connectivity index (χ4v) is 3.66. The molecule has 10 heteroatoms. The van der Waals surface area contributed by atoms with Crippen LogP contribution in [0.4, 0.5) is 14.6 Å². The molecule has 0 aliphatic rings. The van der Waals surface area contributed by atoms with Gasteiger partial charge in [-0.05, 0) is 29.8 Å². The van der Waals surface area contributed by atoms with Crippen LogP contribution < -0.4 is 4.72 Å². The van der Waals surface area contributed by atoms with Crippen molar-refractivity contribution in [3.05, 3.63) is 75.9 Å². The fraction of sp³-hybridized carbons (Fsp3) is 0.0625. The Hall–Kier alpha value is -2.16. The van der Waals surface area contributed by atoms with Crippen molar-refractivity contribution in [1.29, 1.82) is 0 Å². The molecule has 3 aromatic rings. The first-order valence-corrected chi connectivity index (χ1v) is 9.44. The molecule has 0 aliphatic heterocycles. The third kappa shape index (κ3) is 3.98. The van der Waals surface area contributed by atoms with Crippen LogP contribution in [0, 0.1) is 11.6 Å². The Kier molecular flexibility index (Phi) is 5.17. The molecule has 0 unspecified atom stereocenters. The maximum absolute atomic E-state index is 13.3. The van der Waals surface area contributed by atoms with Gasteiger partial charge in [0.25, 0.3) is 10.0 Å². The molecule has 0 saturated carbocycles. The van der Waals surface area contributed by atoms with Gasteiger partial charge in [-0.1, -0.05) is 41.4 Å². The van der Waals surface area contributed by atoms with Gasteiger partial charge in [-0.25, -0.2) is 17.2 Å². The third-order valence-corrected chi connectivity index (χ3v) is 5.42. The van der Waals surface area contributed by atoms with E-state index in [1.54, 1.807) is 24.3 Å². The molecule has 136 valence electrons. The Morgan fingerprint density at radius 3 is 2.46 bits per heavy atom. The van der Waals surface area contributed by atoms with Crippen LogP contribution >= 0.6 is 23.2 Å². The van der Waals surface area contributed by atoms with Gasteiger partial charge in [0.15, 0.2) is 17.5 Å². The highest BCUT2D eigenvalue weighted by Crippen LogP contribution is 2.25. The van der Waals surface area contributed by atoms with E-state index in [-0.39, 0.29) is 17.4 Å². The topological polar surface area (TPSA) is 64.0 Å². The third-order valence-electron chi connectivity index (χ3n) is 3.44. The summed E-state index contributed by atoms with van der Waals surface area (Å²) >= 11 is 12.1. The van der Waals surface area contributed by atoms with Crippen molar-refractivity contribution < 1.29 is 17.2 Å². The summed E-state index contributed by atoms with van der Waals surface area (Å²) in [6.45, 7) is 0.270. The number of anilines is 1. The number of rotatable bonds is 5. The molecule has 1 N–H and O–H groups in total. The highest BCUT2D eigenvalue weighted by molar-refractivity contribution is 7.92. The van der Waals surface area contributed by atoms with Crippen molar-refractivity contribution in [3.63, 3.8) is 0 Å². The molecule has 26 heavy (non-hydrogen) atoms. The minimum Gasteiger partial charge on any atom is -0.265 e. The molecule has 0 fully saturated rings. The summed E-state index contributed by atoms with van der Waals surface area (Å²) in [7, 11) is -4.19. The number of aromatic nitrogens is 2. The molecule has 0 spiro atoms. The molecular formula is C16H11Cl2F2N3O2S. The van der Waals surface area contributed by atoms with Gasteiger partial charge < -0.3 is 0 Å². The zero-order valence-corrected chi connectivity index (χ0v) is 15.3. The first-order chi connectivity index (χ1) is 12.3. The van der Waals surface area contributed by atoms with Crippen molar-refractivity contribution >= 4 is 39.0 Å². The smallest absolute Gasteiger partial charge is 0.263 e. The van der Waals surface area contributed by atoms with Crippen molar-refractivity contribution in [2.75, 3.05) is 4.72 Å². The normalized spacial score (nSPS) is 11.5. The largest absolute Gasteiger partial charge is 0.265 e. The molecule has 1 aromatic heterocycles. The summed E-state index contributed by atoms with van der Waals surface area (Å²) in [6.07, 6.45) is 1.42. The summed E-state index contributed by atoms with van der Waals surface area (Å²) in [5, 5.41) is 4.64. The Bertz CT molecular complexity index is 1070. The van der Waals surface area contributed by atoms with Gasteiger partial charge in [0.05, 0.1) is 11.4 Å². The minimum absolute atomic E-state index is 0.0446. The average molecular weight is 418 g/mol. The molecule has 0 bridgehead atoms. The quantitative estimate of drug-likeness (QED) is 0.672. The van der Waals surface area contributed by atoms with E-state index < -0.39 is 26.6 Å². The van der Waals surface area contributed by atoms with E-state index in [0.29, 0.717) is 11.1 Å². The molecule has 0 amide bonds. The summed E-state index contributed by atoms with van der Waals surface area (Å²) in [5.74, 6) is -2.56. The number of nitrogens with one attached hydrogen (secondary N) is 1. The highest BCUT2D eigenvalue weighted by atomic mass is 35.5. The standard InChI is InChI=1S/C16H11Cl2F2N3O2S/c17-12-4-2-1-3-10(12)8-23-9-13(18)16(21-23)22-26(24,25)11-5-6-14(19)15(20)7-11/h1-7,9H,8H2,(H,21,22). The Morgan fingerprint density at radius 2 is 1.77 bits per heavy atom. The first-order valence-electron chi connectivity index (χ1n) is 7.20. The Labute approximate surface area is 158 Å². The van der Waals surface area contributed by atoms with E-state index in [1.807, 2.05) is 0 Å². The zero-order chi connectivity index (χ0) is 18.9. The molecule has 2 aromatic carbocycles. The summed E-state index contributed by atoms with van der Waals surface area (Å²) < 4.78 is 54.5. The summed E-state index contributed by atoms with van der Waals surface area (Å²) in [5.41, 5.74) is 0.767. The second-order valence-electron chi connectivity index (χ2n) is 5.30. The monoisotopic (exact) mass is 417 g/mol. The summed E-state index contributed by atoms with van der Waals surface area (Å²) in [6, 6.07) is 9.34. The fourth-order valence-electron chi connectivity index (χ4n) is 2.18. The van der Waals surface area contributed by atoms with Gasteiger partial charge in [0.2, 0.25) is 0 Å². The highest BCUT2D eigenvalue weighted by Gasteiger charge is 2.20. The van der Waals surface area contributed by atoms with Gasteiger partial charge >= 0.3 is 0 Å². The maximum atomic E-state index is 13.3. The molecule has 0 atom stereocenters. The lowest BCUT2D eigenvalue weighted by Crippen LogP contribution is -2.14. The first kappa shape index (κ1) is 18.6. The lowest BCUT2D eigenvalue weighted by atomic mass is 10.2. The lowest BCUT2D eigenvalue weighted by Gasteiger charge is -2.07. The Morgan fingerprint density at radius 1 is 1.04 bits per heavy atom. The second kappa shape index (κ2) is 7.22. The van der Waals surface area contributed by atoms with Crippen LogP contribution in [0.3, 0.4) is 0 Å². The van der Waals surface area contributed by atoms with Crippen LogP contribution in [0.2, 0.25) is 10.0 Å². The predicted molar refractivity (Wildman–Crippen MR) is 95.0 cm³/mol. The van der Waals surface area contributed by atoms with E-state index in [4.69, 9.17) is 23.2 Å². The van der Waals surface area contributed by atoms with E-state index in [0.717, 1.165) is 17.7 Å². The van der Waals surface area contributed by atoms with Crippen LogP contribution in [0.5, 0.6) is 0 Å². The summed E-state index contributed by atoms with van der Waals surface area (Å²) in [4.78, 5) is -0.451. The van der Waals surface area contributed by atoms with Crippen molar-refractivity contribution in [2.24, 2.45) is 0 Å².